The van der Waals surface area contributed by atoms with Crippen LogP contribution in [0.4, 0.5) is 58.4 Å². The van der Waals surface area contributed by atoms with Crippen molar-refractivity contribution in [2.75, 3.05) is 58.2 Å². The molecule has 0 aliphatic heterocycles. The molecular formula is C36H37KN12O8S2. The monoisotopic (exact) mass is 868 g/mol. The van der Waals surface area contributed by atoms with Gasteiger partial charge in [-0.3, -0.25) is 4.55 Å². The quantitative estimate of drug-likeness (QED) is 0.0338. The second-order valence-electron chi connectivity index (χ2n) is 11.9. The van der Waals surface area contributed by atoms with Gasteiger partial charge in [0.1, 0.15) is 15.0 Å². The number of benzene rings is 4. The first-order valence-electron chi connectivity index (χ1n) is 17.2. The topological polar surface area (TPSA) is 302 Å². The van der Waals surface area contributed by atoms with E-state index >= 15 is 0 Å². The predicted octanol–water partition coefficient (Wildman–Crippen LogP) is 3.62. The fraction of sp³-hybridized carbons (Fsp3) is 0.111. The predicted molar refractivity (Wildman–Crippen MR) is 225 cm³/mol. The molecule has 0 saturated heterocycles. The Labute approximate surface area is 382 Å². The average molecular weight is 869 g/mol. The number of aliphatic hydroxyl groups excluding tert-OH is 2. The first kappa shape index (κ1) is 44.9. The van der Waals surface area contributed by atoms with Crippen LogP contribution in [0.2, 0.25) is 0 Å². The third-order valence-corrected chi connectivity index (χ3v) is 9.45. The Morgan fingerprint density at radius 3 is 1.25 bits per heavy atom. The number of aromatic nitrogens is 6. The van der Waals surface area contributed by atoms with Crippen molar-refractivity contribution < 1.29 is 37.6 Å². The third-order valence-electron chi connectivity index (χ3n) is 7.65. The zero-order chi connectivity index (χ0) is 41.1. The van der Waals surface area contributed by atoms with Gasteiger partial charge in [0.25, 0.3) is 10.1 Å². The second-order valence-corrected chi connectivity index (χ2v) is 14.7. The SMILES string of the molecule is O=S(=O)([O-])c1cc(Nc2nc(NCCO)nc(Nc3ccccc3)n2)ccc1C=Cc1ccc(Nc2nc(NCCO)nc(Nc3ccccc3)n2)cc1S(=O)(=O)O.[H+].[KH]. The molecule has 0 fully saturated rings. The van der Waals surface area contributed by atoms with Gasteiger partial charge < -0.3 is 46.7 Å². The maximum absolute atomic E-state index is 12.6. The number of para-hydroxylation sites is 2. The van der Waals surface area contributed by atoms with Crippen LogP contribution in [-0.2, 0) is 20.2 Å². The molecule has 0 aliphatic rings. The van der Waals surface area contributed by atoms with Crippen LogP contribution in [0.1, 0.15) is 12.6 Å². The molecule has 9 N–H and O–H groups in total. The van der Waals surface area contributed by atoms with E-state index in [0.717, 1.165) is 12.1 Å². The number of hydrogen-bond acceptors (Lipinski definition) is 19. The number of aliphatic hydroxyl groups is 2. The minimum atomic E-state index is -5.10. The molecule has 6 aromatic rings. The van der Waals surface area contributed by atoms with Crippen molar-refractivity contribution in [2.24, 2.45) is 0 Å². The molecule has 0 saturated carbocycles. The standard InChI is InChI=1S/C36H36N12O8S2.K.H/c49-19-17-37-31-43-33(39-25-7-3-1-4-8-25)47-35(45-31)41-27-15-13-23(29(21-27)57(51,52)53)11-12-24-14-16-28(22-30(24)58(54,55)56)42-36-46-32(38-18-20-50)44-34(48-36)40-26-9-5-2-6-10-26;;/h1-16,21-22,49-50H,17-20H2,(H,51,52,53)(H,54,55,56)(H3,37,39,41,43,45,47)(H3,38,40,42,44,46,48);;. The Hall–Kier alpha value is -5.18. The minimum absolute atomic E-state index is 0. The Morgan fingerprint density at radius 2 is 0.881 bits per heavy atom. The van der Waals surface area contributed by atoms with Gasteiger partial charge in [-0.1, -0.05) is 60.7 Å². The summed E-state index contributed by atoms with van der Waals surface area (Å²) in [7, 11) is -9.97. The number of nitrogens with one attached hydrogen (secondary N) is 6. The van der Waals surface area contributed by atoms with Gasteiger partial charge in [0.2, 0.25) is 35.7 Å². The number of rotatable bonds is 18. The number of hydrogen-bond donors (Lipinski definition) is 9. The Morgan fingerprint density at radius 1 is 0.525 bits per heavy atom. The van der Waals surface area contributed by atoms with Crippen molar-refractivity contribution in [3.8, 4) is 0 Å². The number of nitrogens with zero attached hydrogens (tertiary/aromatic N) is 6. The van der Waals surface area contributed by atoms with Crippen LogP contribution < -0.4 is 31.9 Å². The average Bonchev–Trinajstić information content (AvgIpc) is 3.19. The molecule has 6 rings (SSSR count). The summed E-state index contributed by atoms with van der Waals surface area (Å²) in [4.78, 5) is 24.5. The van der Waals surface area contributed by atoms with Crippen molar-refractivity contribution in [1.82, 2.24) is 29.9 Å². The Bertz CT molecular complexity index is 2460. The van der Waals surface area contributed by atoms with E-state index in [9.17, 15) is 36.2 Å². The van der Waals surface area contributed by atoms with Crippen molar-refractivity contribution in [3.63, 3.8) is 0 Å². The van der Waals surface area contributed by atoms with Gasteiger partial charge in [0.05, 0.1) is 18.1 Å². The molecule has 0 radical (unpaired) electrons. The van der Waals surface area contributed by atoms with Crippen LogP contribution in [0.15, 0.2) is 107 Å². The van der Waals surface area contributed by atoms with E-state index in [0.29, 0.717) is 11.4 Å². The van der Waals surface area contributed by atoms with E-state index in [4.69, 9.17) is 0 Å². The molecule has 0 unspecified atom stereocenters. The number of anilines is 10. The first-order chi connectivity index (χ1) is 27.9. The molecule has 0 aliphatic carbocycles. The fourth-order valence-electron chi connectivity index (χ4n) is 5.15. The van der Waals surface area contributed by atoms with Gasteiger partial charge in [-0.2, -0.15) is 38.3 Å². The molecule has 20 nitrogen and oxygen atoms in total. The molecule has 0 amide bonds. The zero-order valence-electron chi connectivity index (χ0n) is 31.1. The Balaban J connectivity index is 0.00000397. The van der Waals surface area contributed by atoms with Crippen molar-refractivity contribution in [1.29, 1.82) is 0 Å². The molecule has 0 spiro atoms. The molecule has 23 heteroatoms. The van der Waals surface area contributed by atoms with Gasteiger partial charge in [-0.05, 0) is 59.7 Å². The summed E-state index contributed by atoms with van der Waals surface area (Å²) in [5, 5.41) is 36.0. The van der Waals surface area contributed by atoms with E-state index in [2.05, 4.69) is 61.8 Å². The zero-order valence-corrected chi connectivity index (χ0v) is 31.7. The van der Waals surface area contributed by atoms with Gasteiger partial charge in [0, 0.05) is 35.8 Å². The van der Waals surface area contributed by atoms with E-state index < -0.39 is 30.0 Å². The maximum atomic E-state index is 12.6. The Kier molecular flexibility index (Phi) is 15.7. The summed E-state index contributed by atoms with van der Waals surface area (Å²) >= 11 is 0. The summed E-state index contributed by atoms with van der Waals surface area (Å²) in [6.45, 7) is -0.146. The molecule has 2 heterocycles. The molecule has 0 atom stereocenters. The van der Waals surface area contributed by atoms with Crippen molar-refractivity contribution in [2.45, 2.75) is 9.79 Å². The van der Waals surface area contributed by atoms with Gasteiger partial charge in [-0.25, -0.2) is 8.42 Å². The van der Waals surface area contributed by atoms with Crippen LogP contribution in [-0.4, -0.2) is 144 Å². The normalized spacial score (nSPS) is 11.4. The van der Waals surface area contributed by atoms with Crippen LogP contribution in [0.5, 0.6) is 0 Å². The van der Waals surface area contributed by atoms with Crippen molar-refractivity contribution in [3.05, 3.63) is 108 Å². The van der Waals surface area contributed by atoms with Crippen LogP contribution in [0.3, 0.4) is 0 Å². The van der Waals surface area contributed by atoms with Crippen molar-refractivity contribution >= 4 is 142 Å². The summed E-state index contributed by atoms with van der Waals surface area (Å²) in [6.07, 6.45) is 2.43. The fourth-order valence-corrected chi connectivity index (χ4v) is 6.55. The summed E-state index contributed by atoms with van der Waals surface area (Å²) < 4.78 is 72.7. The second kappa shape index (κ2) is 20.7. The summed E-state index contributed by atoms with van der Waals surface area (Å²) in [5.41, 5.74) is 1.45. The first-order valence-corrected chi connectivity index (χ1v) is 20.0. The van der Waals surface area contributed by atoms with E-state index in [-0.39, 0.29) is 137 Å². The van der Waals surface area contributed by atoms with Gasteiger partial charge >= 0.3 is 52.8 Å². The third kappa shape index (κ3) is 13.2. The summed E-state index contributed by atoms with van der Waals surface area (Å²) in [6, 6.07) is 25.8. The van der Waals surface area contributed by atoms with E-state index in [1.54, 1.807) is 36.4 Å². The van der Waals surface area contributed by atoms with Crippen LogP contribution >= 0.6 is 0 Å². The van der Waals surface area contributed by atoms with Crippen LogP contribution in [0.25, 0.3) is 12.2 Å². The van der Waals surface area contributed by atoms with E-state index in [1.807, 2.05) is 24.3 Å². The van der Waals surface area contributed by atoms with Gasteiger partial charge in [0.15, 0.2) is 0 Å². The molecular weight excluding hydrogens is 832 g/mol. The van der Waals surface area contributed by atoms with E-state index in [1.165, 1.54) is 36.4 Å². The molecule has 302 valence electrons. The molecule has 59 heavy (non-hydrogen) atoms. The molecule has 0 bridgehead atoms. The molecule has 2 aromatic heterocycles. The van der Waals surface area contributed by atoms with Crippen LogP contribution in [0, 0.1) is 0 Å². The molecule has 4 aromatic carbocycles. The van der Waals surface area contributed by atoms with Gasteiger partial charge in [-0.15, -0.1) is 0 Å². The summed E-state index contributed by atoms with van der Waals surface area (Å²) in [5.74, 6) is 0.390.